The van der Waals surface area contributed by atoms with E-state index in [1.165, 1.54) is 0 Å². The number of hydrogen-bond acceptors (Lipinski definition) is 3. The first-order valence-electron chi connectivity index (χ1n) is 6.58. The zero-order valence-electron chi connectivity index (χ0n) is 11.1. The number of aromatic nitrogens is 2. The van der Waals surface area contributed by atoms with Crippen LogP contribution in [0, 0.1) is 0 Å². The molecular weight excluding hydrogens is 264 g/mol. The Kier molecular flexibility index (Phi) is 2.35. The second-order valence-electron chi connectivity index (χ2n) is 4.97. The number of fused-ring (bicyclic) bond motifs is 2. The van der Waals surface area contributed by atoms with Crippen molar-refractivity contribution in [1.29, 1.82) is 0 Å². The van der Waals surface area contributed by atoms with Gasteiger partial charge in [0.05, 0.1) is 5.52 Å². The molecule has 0 saturated carbocycles. The van der Waals surface area contributed by atoms with Crippen LogP contribution in [0.25, 0.3) is 22.6 Å². The van der Waals surface area contributed by atoms with Crippen LogP contribution in [-0.4, -0.2) is 16.1 Å². The van der Waals surface area contributed by atoms with Crippen LogP contribution in [0.2, 0.25) is 0 Å². The molecule has 5 heteroatoms. The molecule has 4 N–H and O–H groups in total. The number of nitrogens with one attached hydrogen (secondary N) is 2. The first-order valence-corrected chi connectivity index (χ1v) is 6.58. The first-order chi connectivity index (χ1) is 10.2. The number of benzene rings is 2. The Morgan fingerprint density at radius 3 is 2.90 bits per heavy atom. The largest absolute Gasteiger partial charge is 0.382 e. The molecule has 1 aliphatic rings. The Morgan fingerprint density at radius 2 is 2.00 bits per heavy atom. The summed E-state index contributed by atoms with van der Waals surface area (Å²) in [5, 5.41) is 10.5. The molecule has 0 spiro atoms. The van der Waals surface area contributed by atoms with E-state index in [-0.39, 0.29) is 5.91 Å². The predicted molar refractivity (Wildman–Crippen MR) is 83.4 cm³/mol. The van der Waals surface area contributed by atoms with Crippen LogP contribution in [0.15, 0.2) is 42.5 Å². The van der Waals surface area contributed by atoms with Gasteiger partial charge in [-0.2, -0.15) is 5.10 Å². The number of aromatic amines is 1. The minimum absolute atomic E-state index is 0.0866. The Hall–Kier alpha value is -3.08. The van der Waals surface area contributed by atoms with E-state index in [0.717, 1.165) is 27.7 Å². The highest BCUT2D eigenvalue weighted by Crippen LogP contribution is 2.33. The van der Waals surface area contributed by atoms with Crippen molar-refractivity contribution in [2.75, 3.05) is 11.1 Å². The number of rotatable bonds is 1. The van der Waals surface area contributed by atoms with Gasteiger partial charge in [-0.25, -0.2) is 0 Å². The lowest BCUT2D eigenvalue weighted by Gasteiger charge is -1.99. The van der Waals surface area contributed by atoms with Crippen molar-refractivity contribution in [2.45, 2.75) is 0 Å². The van der Waals surface area contributed by atoms with Gasteiger partial charge in [-0.1, -0.05) is 24.3 Å². The lowest BCUT2D eigenvalue weighted by Crippen LogP contribution is -2.03. The third kappa shape index (κ3) is 1.79. The number of para-hydroxylation sites is 1. The summed E-state index contributed by atoms with van der Waals surface area (Å²) in [7, 11) is 0. The summed E-state index contributed by atoms with van der Waals surface area (Å²) < 4.78 is 0. The molecule has 2 aromatic carbocycles. The summed E-state index contributed by atoms with van der Waals surface area (Å²) in [6.45, 7) is 0. The number of carbonyl (C=O) groups excluding carboxylic acids is 1. The highest BCUT2D eigenvalue weighted by Gasteiger charge is 2.23. The molecule has 4 rings (SSSR count). The summed E-state index contributed by atoms with van der Waals surface area (Å²) >= 11 is 0. The van der Waals surface area contributed by atoms with Crippen molar-refractivity contribution in [3.05, 3.63) is 53.6 Å². The van der Waals surface area contributed by atoms with Gasteiger partial charge in [0.2, 0.25) is 0 Å². The molecule has 21 heavy (non-hydrogen) atoms. The maximum absolute atomic E-state index is 12.1. The summed E-state index contributed by atoms with van der Waals surface area (Å²) in [4.78, 5) is 12.1. The fourth-order valence-corrected chi connectivity index (χ4v) is 2.59. The number of H-pyrrole nitrogens is 1. The van der Waals surface area contributed by atoms with Crippen LogP contribution in [0.1, 0.15) is 11.1 Å². The molecule has 0 fully saturated rings. The molecule has 102 valence electrons. The van der Waals surface area contributed by atoms with Crippen LogP contribution >= 0.6 is 0 Å². The average molecular weight is 276 g/mol. The summed E-state index contributed by atoms with van der Waals surface area (Å²) in [6, 6.07) is 13.4. The number of nitrogens with zero attached hydrogens (tertiary/aromatic N) is 1. The quantitative estimate of drug-likeness (QED) is 0.597. The fourth-order valence-electron chi connectivity index (χ4n) is 2.59. The molecule has 0 unspecified atom stereocenters. The fraction of sp³-hybridized carbons (Fsp3) is 0. The second-order valence-corrected chi connectivity index (χ2v) is 4.97. The van der Waals surface area contributed by atoms with Crippen LogP contribution in [0.5, 0.6) is 0 Å². The van der Waals surface area contributed by atoms with E-state index < -0.39 is 0 Å². The lowest BCUT2D eigenvalue weighted by atomic mass is 10.0. The summed E-state index contributed by atoms with van der Waals surface area (Å²) in [6.07, 6.45) is 1.87. The van der Waals surface area contributed by atoms with Crippen molar-refractivity contribution in [3.63, 3.8) is 0 Å². The van der Waals surface area contributed by atoms with E-state index in [9.17, 15) is 4.79 Å². The van der Waals surface area contributed by atoms with E-state index in [0.29, 0.717) is 11.4 Å². The zero-order chi connectivity index (χ0) is 14.4. The molecule has 5 nitrogen and oxygen atoms in total. The smallest absolute Gasteiger partial charge is 0.256 e. The Labute approximate surface area is 120 Å². The number of anilines is 2. The average Bonchev–Trinajstić information content (AvgIpc) is 3.01. The molecule has 0 bridgehead atoms. The molecular formula is C16H12N4O. The molecule has 0 aliphatic carbocycles. The third-order valence-corrected chi connectivity index (χ3v) is 3.64. The minimum Gasteiger partial charge on any atom is -0.382 e. The number of nitrogens with two attached hydrogens (primary N) is 1. The maximum Gasteiger partial charge on any atom is 0.256 e. The number of amides is 1. The molecule has 1 amide bonds. The first kappa shape index (κ1) is 11.7. The van der Waals surface area contributed by atoms with Crippen LogP contribution in [-0.2, 0) is 4.79 Å². The Morgan fingerprint density at radius 1 is 1.14 bits per heavy atom. The van der Waals surface area contributed by atoms with Crippen molar-refractivity contribution >= 4 is 40.0 Å². The molecule has 0 atom stereocenters. The van der Waals surface area contributed by atoms with Crippen molar-refractivity contribution in [1.82, 2.24) is 10.2 Å². The van der Waals surface area contributed by atoms with E-state index in [4.69, 9.17) is 5.73 Å². The second kappa shape index (κ2) is 4.21. The van der Waals surface area contributed by atoms with E-state index in [1.54, 1.807) is 0 Å². The molecule has 1 aliphatic heterocycles. The van der Waals surface area contributed by atoms with Gasteiger partial charge in [0.1, 0.15) is 0 Å². The minimum atomic E-state index is -0.0866. The number of hydrogen-bond donors (Lipinski definition) is 3. The van der Waals surface area contributed by atoms with E-state index >= 15 is 0 Å². The van der Waals surface area contributed by atoms with Crippen LogP contribution in [0.3, 0.4) is 0 Å². The standard InChI is InChI=1S/C16H12N4O/c17-15-12-8-9(5-6-14(12)19-20-15)7-11-10-3-1-2-4-13(10)18-16(11)21/h1-8H,(H,18,21)(H3,17,19,20). The van der Waals surface area contributed by atoms with Crippen molar-refractivity contribution in [3.8, 4) is 0 Å². The molecule has 3 aromatic rings. The molecule has 1 aromatic heterocycles. The van der Waals surface area contributed by atoms with E-state index in [2.05, 4.69) is 15.5 Å². The van der Waals surface area contributed by atoms with Crippen molar-refractivity contribution < 1.29 is 4.79 Å². The van der Waals surface area contributed by atoms with Gasteiger partial charge < -0.3 is 11.1 Å². The molecule has 0 saturated heterocycles. The van der Waals surface area contributed by atoms with Gasteiger partial charge in [-0.15, -0.1) is 0 Å². The van der Waals surface area contributed by atoms with Gasteiger partial charge in [0.15, 0.2) is 5.82 Å². The van der Waals surface area contributed by atoms with Gasteiger partial charge >= 0.3 is 0 Å². The van der Waals surface area contributed by atoms with Crippen LogP contribution in [0.4, 0.5) is 11.5 Å². The molecule has 2 heterocycles. The maximum atomic E-state index is 12.1. The number of carbonyl (C=O) groups is 1. The Balaban J connectivity index is 1.86. The van der Waals surface area contributed by atoms with Crippen LogP contribution < -0.4 is 11.1 Å². The lowest BCUT2D eigenvalue weighted by molar-refractivity contribution is -0.110. The normalized spacial score (nSPS) is 15.4. The van der Waals surface area contributed by atoms with Gasteiger partial charge in [-0.3, -0.25) is 9.89 Å². The monoisotopic (exact) mass is 276 g/mol. The predicted octanol–water partition coefficient (Wildman–Crippen LogP) is 2.64. The highest BCUT2D eigenvalue weighted by molar-refractivity contribution is 6.34. The highest BCUT2D eigenvalue weighted by atomic mass is 16.2. The van der Waals surface area contributed by atoms with Gasteiger partial charge in [-0.05, 0) is 29.8 Å². The number of nitrogen functional groups attached to an aromatic ring is 1. The SMILES string of the molecule is Nc1n[nH]c2ccc(C=C3C(=O)Nc4ccccc43)cc12. The zero-order valence-corrected chi connectivity index (χ0v) is 11.1. The van der Waals surface area contributed by atoms with E-state index in [1.807, 2.05) is 48.5 Å². The topological polar surface area (TPSA) is 83.8 Å². The van der Waals surface area contributed by atoms with Crippen molar-refractivity contribution in [2.24, 2.45) is 0 Å². The van der Waals surface area contributed by atoms with Gasteiger partial charge in [0, 0.05) is 22.2 Å². The molecule has 0 radical (unpaired) electrons. The van der Waals surface area contributed by atoms with Gasteiger partial charge in [0.25, 0.3) is 5.91 Å². The summed E-state index contributed by atoms with van der Waals surface area (Å²) in [5.41, 5.74) is 10.0. The third-order valence-electron chi connectivity index (χ3n) is 3.64. The summed E-state index contributed by atoms with van der Waals surface area (Å²) in [5.74, 6) is 0.373. The Bertz CT molecular complexity index is 908.